The molecular weight excluding hydrogens is 272 g/mol. The molecule has 6 heteroatoms. The van der Waals surface area contributed by atoms with Crippen molar-refractivity contribution in [3.05, 3.63) is 0 Å². The van der Waals surface area contributed by atoms with Gasteiger partial charge in [-0.25, -0.2) is 9.59 Å². The zero-order chi connectivity index (χ0) is 16.4. The van der Waals surface area contributed by atoms with Crippen LogP contribution in [-0.4, -0.2) is 71.9 Å². The third-order valence-corrected chi connectivity index (χ3v) is 3.79. The van der Waals surface area contributed by atoms with Crippen LogP contribution in [0, 0.1) is 0 Å². The first-order chi connectivity index (χ1) is 9.43. The van der Waals surface area contributed by atoms with Crippen molar-refractivity contribution in [1.82, 2.24) is 4.90 Å². The molecule has 0 unspecified atom stereocenters. The Bertz CT molecular complexity index is 387. The fraction of sp³-hybridized carbons (Fsp3) is 0.867. The number of carbonyl (C=O) groups excluding carboxylic acids is 1. The summed E-state index contributed by atoms with van der Waals surface area (Å²) in [5.74, 6) is 0.129. The molecule has 1 rings (SSSR count). The molecule has 6 nitrogen and oxygen atoms in total. The van der Waals surface area contributed by atoms with E-state index in [1.165, 1.54) is 4.90 Å². The van der Waals surface area contributed by atoms with Gasteiger partial charge in [0.2, 0.25) is 0 Å². The standard InChI is InChI=1S/C15H28N2O4/c1-15(2,3)16(14(19)20)11-7-8-12(21-10-11)9-13(18)17(4,5)6/h11-12H,7-10H2,1-6H3/p+1/t11-,12+/m1/s1. The van der Waals surface area contributed by atoms with Gasteiger partial charge in [0.1, 0.15) is 0 Å². The Hall–Kier alpha value is -1.14. The summed E-state index contributed by atoms with van der Waals surface area (Å²) >= 11 is 0. The second kappa shape index (κ2) is 6.32. The van der Waals surface area contributed by atoms with E-state index in [1.807, 2.05) is 41.9 Å². The summed E-state index contributed by atoms with van der Waals surface area (Å²) in [6.45, 7) is 6.01. The zero-order valence-corrected chi connectivity index (χ0v) is 14.0. The highest BCUT2D eigenvalue weighted by Gasteiger charge is 2.37. The molecule has 0 radical (unpaired) electrons. The number of quaternary nitrogens is 1. The molecule has 2 atom stereocenters. The second-order valence-electron chi connectivity index (χ2n) is 7.62. The lowest BCUT2D eigenvalue weighted by Gasteiger charge is -2.42. The lowest BCUT2D eigenvalue weighted by molar-refractivity contribution is -0.792. The van der Waals surface area contributed by atoms with Gasteiger partial charge in [0.15, 0.2) is 0 Å². The average Bonchev–Trinajstić information content (AvgIpc) is 2.27. The van der Waals surface area contributed by atoms with Crippen molar-refractivity contribution in [1.29, 1.82) is 0 Å². The van der Waals surface area contributed by atoms with E-state index in [-0.39, 0.29) is 22.5 Å². The molecule has 1 aliphatic heterocycles. The summed E-state index contributed by atoms with van der Waals surface area (Å²) < 4.78 is 6.03. The molecule has 1 fully saturated rings. The molecule has 1 aliphatic rings. The average molecular weight is 301 g/mol. The van der Waals surface area contributed by atoms with Gasteiger partial charge in [0, 0.05) is 5.54 Å². The van der Waals surface area contributed by atoms with E-state index in [9.17, 15) is 14.7 Å². The van der Waals surface area contributed by atoms with E-state index in [0.29, 0.717) is 13.0 Å². The largest absolute Gasteiger partial charge is 0.465 e. The van der Waals surface area contributed by atoms with Crippen molar-refractivity contribution in [2.45, 2.75) is 57.7 Å². The van der Waals surface area contributed by atoms with Crippen molar-refractivity contribution in [3.8, 4) is 0 Å². The molecule has 0 spiro atoms. The van der Waals surface area contributed by atoms with Crippen molar-refractivity contribution in [3.63, 3.8) is 0 Å². The number of ether oxygens (including phenoxy) is 1. The van der Waals surface area contributed by atoms with Gasteiger partial charge in [0.25, 0.3) is 0 Å². The summed E-state index contributed by atoms with van der Waals surface area (Å²) in [7, 11) is 5.54. The van der Waals surface area contributed by atoms with Crippen molar-refractivity contribution >= 4 is 12.0 Å². The Labute approximate surface area is 127 Å². The molecular formula is C15H29N2O4+. The zero-order valence-electron chi connectivity index (χ0n) is 14.0. The van der Waals surface area contributed by atoms with Crippen LogP contribution >= 0.6 is 0 Å². The Balaban J connectivity index is 2.59. The predicted octanol–water partition coefficient (Wildman–Crippen LogP) is 1.94. The molecule has 0 aromatic rings. The van der Waals surface area contributed by atoms with Crippen LogP contribution in [0.4, 0.5) is 4.79 Å². The topological polar surface area (TPSA) is 66.8 Å². The van der Waals surface area contributed by atoms with Crippen molar-refractivity contribution < 1.29 is 23.9 Å². The van der Waals surface area contributed by atoms with Crippen LogP contribution in [0.5, 0.6) is 0 Å². The summed E-state index contributed by atoms with van der Waals surface area (Å²) in [4.78, 5) is 24.9. The number of hydrogen-bond donors (Lipinski definition) is 1. The lowest BCUT2D eigenvalue weighted by Crippen LogP contribution is -2.55. The number of amides is 2. The van der Waals surface area contributed by atoms with Crippen LogP contribution in [0.15, 0.2) is 0 Å². The van der Waals surface area contributed by atoms with Crippen molar-refractivity contribution in [2.75, 3.05) is 27.7 Å². The summed E-state index contributed by atoms with van der Waals surface area (Å²) in [6.07, 6.45) is 0.826. The van der Waals surface area contributed by atoms with E-state index in [1.54, 1.807) is 0 Å². The number of carbonyl (C=O) groups is 2. The number of carboxylic acid groups (broad SMARTS) is 1. The molecule has 1 N–H and O–H groups in total. The monoisotopic (exact) mass is 301 g/mol. The summed E-state index contributed by atoms with van der Waals surface area (Å²) in [5.41, 5.74) is -0.454. The minimum absolute atomic E-state index is 0.0956. The van der Waals surface area contributed by atoms with Gasteiger partial charge >= 0.3 is 12.0 Å². The summed E-state index contributed by atoms with van der Waals surface area (Å²) in [6, 6.07) is -0.141. The van der Waals surface area contributed by atoms with Crippen LogP contribution in [-0.2, 0) is 9.53 Å². The van der Waals surface area contributed by atoms with Crippen LogP contribution in [0.2, 0.25) is 0 Å². The van der Waals surface area contributed by atoms with E-state index in [0.717, 1.165) is 12.8 Å². The maximum absolute atomic E-state index is 12.0. The van der Waals surface area contributed by atoms with Crippen LogP contribution < -0.4 is 0 Å². The van der Waals surface area contributed by atoms with E-state index in [4.69, 9.17) is 4.74 Å². The second-order valence-corrected chi connectivity index (χ2v) is 7.62. The van der Waals surface area contributed by atoms with Gasteiger partial charge in [-0.2, -0.15) is 0 Å². The molecule has 0 aliphatic carbocycles. The highest BCUT2D eigenvalue weighted by molar-refractivity contribution is 5.69. The molecule has 0 saturated carbocycles. The Morgan fingerprint density at radius 1 is 1.24 bits per heavy atom. The molecule has 0 aromatic heterocycles. The lowest BCUT2D eigenvalue weighted by atomic mass is 9.96. The van der Waals surface area contributed by atoms with Gasteiger partial charge in [-0.15, -0.1) is 0 Å². The summed E-state index contributed by atoms with van der Waals surface area (Å²) in [5, 5.41) is 9.39. The number of hydrogen-bond acceptors (Lipinski definition) is 3. The quantitative estimate of drug-likeness (QED) is 0.809. The molecule has 2 amide bonds. The van der Waals surface area contributed by atoms with Crippen LogP contribution in [0.25, 0.3) is 0 Å². The smallest absolute Gasteiger partial charge is 0.408 e. The van der Waals surface area contributed by atoms with Gasteiger partial charge in [-0.1, -0.05) is 0 Å². The maximum atomic E-state index is 12.0. The molecule has 0 aromatic carbocycles. The Kier molecular flexibility index (Phi) is 5.39. The highest BCUT2D eigenvalue weighted by atomic mass is 16.5. The van der Waals surface area contributed by atoms with Gasteiger partial charge < -0.3 is 9.84 Å². The highest BCUT2D eigenvalue weighted by Crippen LogP contribution is 2.26. The Morgan fingerprint density at radius 3 is 2.14 bits per heavy atom. The first kappa shape index (κ1) is 17.9. The SMILES string of the molecule is CC(C)(C)N(C(=O)O)[C@@H]1CC[C@@H](CC(=O)[N+](C)(C)C)OC1. The number of rotatable bonds is 3. The third kappa shape index (κ3) is 4.97. The molecule has 21 heavy (non-hydrogen) atoms. The molecule has 122 valence electrons. The third-order valence-electron chi connectivity index (χ3n) is 3.79. The predicted molar refractivity (Wildman–Crippen MR) is 80.0 cm³/mol. The maximum Gasteiger partial charge on any atom is 0.408 e. The molecule has 1 heterocycles. The van der Waals surface area contributed by atoms with Gasteiger partial charge in [-0.3, -0.25) is 9.38 Å². The normalized spacial score (nSPS) is 23.7. The van der Waals surface area contributed by atoms with Gasteiger partial charge in [0.05, 0.1) is 46.3 Å². The van der Waals surface area contributed by atoms with E-state index >= 15 is 0 Å². The minimum Gasteiger partial charge on any atom is -0.465 e. The first-order valence-electron chi connectivity index (χ1n) is 7.41. The van der Waals surface area contributed by atoms with E-state index in [2.05, 4.69) is 0 Å². The fourth-order valence-corrected chi connectivity index (χ4v) is 2.62. The fourth-order valence-electron chi connectivity index (χ4n) is 2.62. The van der Waals surface area contributed by atoms with Crippen molar-refractivity contribution in [2.24, 2.45) is 0 Å². The number of nitrogens with zero attached hydrogens (tertiary/aromatic N) is 2. The first-order valence-corrected chi connectivity index (χ1v) is 7.41. The Morgan fingerprint density at radius 2 is 1.81 bits per heavy atom. The van der Waals surface area contributed by atoms with Crippen LogP contribution in [0.3, 0.4) is 0 Å². The van der Waals surface area contributed by atoms with Crippen LogP contribution in [0.1, 0.15) is 40.0 Å². The van der Waals surface area contributed by atoms with E-state index < -0.39 is 11.6 Å². The minimum atomic E-state index is -0.919. The van der Waals surface area contributed by atoms with Gasteiger partial charge in [-0.05, 0) is 33.6 Å². The molecule has 1 saturated heterocycles. The molecule has 0 bridgehead atoms.